The molecule has 0 aliphatic carbocycles. The van der Waals surface area contributed by atoms with Crippen molar-refractivity contribution in [3.8, 4) is 0 Å². The van der Waals surface area contributed by atoms with E-state index >= 15 is 0 Å². The molecule has 2 unspecified atom stereocenters. The summed E-state index contributed by atoms with van der Waals surface area (Å²) in [6.45, 7) is 7.53. The maximum atomic E-state index is 5.59. The van der Waals surface area contributed by atoms with Crippen molar-refractivity contribution in [2.75, 3.05) is 13.7 Å². The number of aryl methyl sites for hydroxylation is 1. The maximum absolute atomic E-state index is 5.59. The van der Waals surface area contributed by atoms with Gasteiger partial charge in [-0.05, 0) is 37.4 Å². The van der Waals surface area contributed by atoms with Crippen molar-refractivity contribution in [2.24, 2.45) is 0 Å². The minimum Gasteiger partial charge on any atom is -0.380 e. The normalized spacial score (nSPS) is 14.3. The third-order valence-electron chi connectivity index (χ3n) is 3.53. The average molecular weight is 264 g/mol. The number of hydrogen-bond donors (Lipinski definition) is 1. The summed E-state index contributed by atoms with van der Waals surface area (Å²) in [6.07, 6.45) is 6.36. The number of aromatic nitrogens is 1. The quantitative estimate of drug-likeness (QED) is 0.744. The van der Waals surface area contributed by atoms with Gasteiger partial charge in [-0.25, -0.2) is 0 Å². The minimum absolute atomic E-state index is 0.249. The number of nitrogens with one attached hydrogen (secondary N) is 1. The lowest BCUT2D eigenvalue weighted by Gasteiger charge is -2.26. The van der Waals surface area contributed by atoms with E-state index in [0.29, 0.717) is 6.04 Å². The molecule has 0 bridgehead atoms. The Kier molecular flexibility index (Phi) is 7.68. The fourth-order valence-electron chi connectivity index (χ4n) is 2.29. The van der Waals surface area contributed by atoms with E-state index in [1.54, 1.807) is 7.11 Å². The van der Waals surface area contributed by atoms with Gasteiger partial charge in [0.25, 0.3) is 0 Å². The molecule has 0 fully saturated rings. The zero-order chi connectivity index (χ0) is 14.1. The number of hydrogen-bond acceptors (Lipinski definition) is 3. The lowest BCUT2D eigenvalue weighted by Crippen LogP contribution is -2.42. The molecule has 2 atom stereocenters. The first-order chi connectivity index (χ1) is 9.24. The molecule has 1 heterocycles. The van der Waals surface area contributed by atoms with Gasteiger partial charge in [-0.15, -0.1) is 0 Å². The third kappa shape index (κ3) is 5.29. The molecule has 0 aliphatic rings. The SMILES string of the molecule is CCCNC(Cc1ccc(CC)cn1)C(CC)OC. The van der Waals surface area contributed by atoms with Gasteiger partial charge in [0, 0.05) is 31.5 Å². The van der Waals surface area contributed by atoms with Gasteiger partial charge in [-0.1, -0.05) is 26.8 Å². The van der Waals surface area contributed by atoms with Crippen molar-refractivity contribution in [1.82, 2.24) is 10.3 Å². The predicted octanol–water partition coefficient (Wildman–Crippen LogP) is 2.98. The van der Waals surface area contributed by atoms with E-state index in [9.17, 15) is 0 Å². The number of pyridine rings is 1. The molecule has 1 rings (SSSR count). The van der Waals surface area contributed by atoms with Crippen LogP contribution >= 0.6 is 0 Å². The molecule has 1 aromatic heterocycles. The van der Waals surface area contributed by atoms with Crippen molar-refractivity contribution in [2.45, 2.75) is 58.6 Å². The Balaban J connectivity index is 2.68. The van der Waals surface area contributed by atoms with Gasteiger partial charge >= 0.3 is 0 Å². The molecule has 0 saturated carbocycles. The first kappa shape index (κ1) is 16.1. The highest BCUT2D eigenvalue weighted by Gasteiger charge is 2.19. The largest absolute Gasteiger partial charge is 0.380 e. The molecule has 0 radical (unpaired) electrons. The van der Waals surface area contributed by atoms with E-state index in [-0.39, 0.29) is 6.10 Å². The smallest absolute Gasteiger partial charge is 0.0725 e. The lowest BCUT2D eigenvalue weighted by atomic mass is 10.0. The molecule has 0 aromatic carbocycles. The van der Waals surface area contributed by atoms with E-state index in [4.69, 9.17) is 4.74 Å². The van der Waals surface area contributed by atoms with Crippen LogP contribution in [0.1, 0.15) is 44.9 Å². The molecule has 1 N–H and O–H groups in total. The Bertz CT molecular complexity index is 333. The number of methoxy groups -OCH3 is 1. The number of ether oxygens (including phenoxy) is 1. The van der Waals surface area contributed by atoms with Crippen LogP contribution in [0.3, 0.4) is 0 Å². The molecular formula is C16H28N2O. The Labute approximate surface area is 117 Å². The Morgan fingerprint density at radius 1 is 1.26 bits per heavy atom. The van der Waals surface area contributed by atoms with E-state index in [2.05, 4.69) is 43.2 Å². The molecule has 19 heavy (non-hydrogen) atoms. The highest BCUT2D eigenvalue weighted by molar-refractivity contribution is 5.15. The van der Waals surface area contributed by atoms with Crippen molar-refractivity contribution >= 4 is 0 Å². The highest BCUT2D eigenvalue weighted by atomic mass is 16.5. The number of nitrogens with zero attached hydrogens (tertiary/aromatic N) is 1. The van der Waals surface area contributed by atoms with Crippen LogP contribution in [0.5, 0.6) is 0 Å². The van der Waals surface area contributed by atoms with Crippen LogP contribution in [0.25, 0.3) is 0 Å². The Hall–Kier alpha value is -0.930. The first-order valence-corrected chi connectivity index (χ1v) is 7.45. The minimum atomic E-state index is 0.249. The van der Waals surface area contributed by atoms with Crippen LogP contribution in [-0.2, 0) is 17.6 Å². The molecule has 0 aliphatic heterocycles. The molecule has 1 aromatic rings. The van der Waals surface area contributed by atoms with Gasteiger partial charge in [0.2, 0.25) is 0 Å². The standard InChI is InChI=1S/C16H28N2O/c1-5-10-17-15(16(7-3)19-4)11-14-9-8-13(6-2)12-18-14/h8-9,12,15-17H,5-7,10-11H2,1-4H3. The predicted molar refractivity (Wildman–Crippen MR) is 80.5 cm³/mol. The monoisotopic (exact) mass is 264 g/mol. The first-order valence-electron chi connectivity index (χ1n) is 7.45. The highest BCUT2D eigenvalue weighted by Crippen LogP contribution is 2.10. The summed E-state index contributed by atoms with van der Waals surface area (Å²) in [4.78, 5) is 4.55. The summed E-state index contributed by atoms with van der Waals surface area (Å²) in [5, 5.41) is 3.58. The molecule has 0 saturated heterocycles. The Morgan fingerprint density at radius 3 is 2.53 bits per heavy atom. The van der Waals surface area contributed by atoms with E-state index in [1.165, 1.54) is 5.56 Å². The van der Waals surface area contributed by atoms with Gasteiger partial charge in [0.15, 0.2) is 0 Å². The maximum Gasteiger partial charge on any atom is 0.0725 e. The summed E-state index contributed by atoms with van der Waals surface area (Å²) in [6, 6.07) is 4.66. The van der Waals surface area contributed by atoms with Crippen LogP contribution in [0.4, 0.5) is 0 Å². The van der Waals surface area contributed by atoms with E-state index < -0.39 is 0 Å². The van der Waals surface area contributed by atoms with E-state index in [0.717, 1.165) is 37.9 Å². The molecule has 3 nitrogen and oxygen atoms in total. The van der Waals surface area contributed by atoms with Crippen LogP contribution in [0.15, 0.2) is 18.3 Å². The fourth-order valence-corrected chi connectivity index (χ4v) is 2.29. The van der Waals surface area contributed by atoms with Gasteiger partial charge < -0.3 is 10.1 Å². The molecule has 0 amide bonds. The van der Waals surface area contributed by atoms with Gasteiger partial charge in [0.05, 0.1) is 6.10 Å². The molecule has 108 valence electrons. The number of rotatable bonds is 9. The van der Waals surface area contributed by atoms with Crippen molar-refractivity contribution in [1.29, 1.82) is 0 Å². The van der Waals surface area contributed by atoms with Gasteiger partial charge in [-0.2, -0.15) is 0 Å². The van der Waals surface area contributed by atoms with E-state index in [1.807, 2.05) is 6.20 Å². The van der Waals surface area contributed by atoms with Gasteiger partial charge in [0.1, 0.15) is 0 Å². The third-order valence-corrected chi connectivity index (χ3v) is 3.53. The summed E-state index contributed by atoms with van der Waals surface area (Å²) in [7, 11) is 1.79. The van der Waals surface area contributed by atoms with Crippen molar-refractivity contribution in [3.63, 3.8) is 0 Å². The topological polar surface area (TPSA) is 34.2 Å². The molecule has 3 heteroatoms. The second kappa shape index (κ2) is 9.05. The van der Waals surface area contributed by atoms with Crippen molar-refractivity contribution < 1.29 is 4.74 Å². The fraction of sp³-hybridized carbons (Fsp3) is 0.688. The van der Waals surface area contributed by atoms with Crippen LogP contribution in [-0.4, -0.2) is 30.8 Å². The zero-order valence-corrected chi connectivity index (χ0v) is 12.8. The second-order valence-corrected chi connectivity index (χ2v) is 4.96. The summed E-state index contributed by atoms with van der Waals surface area (Å²) < 4.78 is 5.59. The van der Waals surface area contributed by atoms with Gasteiger partial charge in [-0.3, -0.25) is 4.98 Å². The molecular weight excluding hydrogens is 236 g/mol. The van der Waals surface area contributed by atoms with Crippen LogP contribution < -0.4 is 5.32 Å². The summed E-state index contributed by atoms with van der Waals surface area (Å²) in [5.41, 5.74) is 2.43. The van der Waals surface area contributed by atoms with Crippen LogP contribution in [0.2, 0.25) is 0 Å². The second-order valence-electron chi connectivity index (χ2n) is 4.96. The van der Waals surface area contributed by atoms with Crippen LogP contribution in [0, 0.1) is 0 Å². The summed E-state index contributed by atoms with van der Waals surface area (Å²) in [5.74, 6) is 0. The Morgan fingerprint density at radius 2 is 2.05 bits per heavy atom. The zero-order valence-electron chi connectivity index (χ0n) is 12.8. The summed E-state index contributed by atoms with van der Waals surface area (Å²) >= 11 is 0. The van der Waals surface area contributed by atoms with Crippen molar-refractivity contribution in [3.05, 3.63) is 29.6 Å². The average Bonchev–Trinajstić information content (AvgIpc) is 2.46. The lowest BCUT2D eigenvalue weighted by molar-refractivity contribution is 0.0650. The molecule has 0 spiro atoms.